The van der Waals surface area contributed by atoms with Gasteiger partial charge in [0.15, 0.2) is 0 Å². The van der Waals surface area contributed by atoms with Crippen molar-refractivity contribution in [3.05, 3.63) is 36.4 Å². The van der Waals surface area contributed by atoms with Crippen LogP contribution in [-0.4, -0.2) is 30.7 Å². The summed E-state index contributed by atoms with van der Waals surface area (Å²) in [5.41, 5.74) is 1.09. The predicted molar refractivity (Wildman–Crippen MR) is 89.8 cm³/mol. The van der Waals surface area contributed by atoms with Crippen LogP contribution in [0, 0.1) is 5.92 Å². The molecule has 1 atom stereocenters. The Hall–Kier alpha value is -1.61. The highest BCUT2D eigenvalue weighted by Gasteiger charge is 2.20. The minimum atomic E-state index is 0.473. The zero-order valence-corrected chi connectivity index (χ0v) is 13.0. The monoisotopic (exact) mass is 283 g/mol. The Bertz CT molecular complexity index is 588. The summed E-state index contributed by atoms with van der Waals surface area (Å²) in [6, 6.07) is 13.2. The normalized spacial score (nSPS) is 19.1. The summed E-state index contributed by atoms with van der Waals surface area (Å²) in [4.78, 5) is 7.32. The Morgan fingerprint density at radius 3 is 2.86 bits per heavy atom. The third-order valence-electron chi connectivity index (χ3n) is 4.36. The van der Waals surface area contributed by atoms with Gasteiger partial charge in [-0.3, -0.25) is 0 Å². The molecule has 3 nitrogen and oxygen atoms in total. The zero-order valence-electron chi connectivity index (χ0n) is 13.0. The van der Waals surface area contributed by atoms with E-state index in [1.165, 1.54) is 24.8 Å². The van der Waals surface area contributed by atoms with Crippen molar-refractivity contribution in [2.75, 3.05) is 24.5 Å². The van der Waals surface area contributed by atoms with Crippen molar-refractivity contribution in [3.8, 4) is 0 Å². The van der Waals surface area contributed by atoms with Crippen LogP contribution in [0.25, 0.3) is 10.9 Å². The van der Waals surface area contributed by atoms with Crippen molar-refractivity contribution in [1.82, 2.24) is 10.3 Å². The van der Waals surface area contributed by atoms with Crippen molar-refractivity contribution < 1.29 is 0 Å². The van der Waals surface area contributed by atoms with Gasteiger partial charge >= 0.3 is 0 Å². The molecule has 1 saturated heterocycles. The molecule has 1 unspecified atom stereocenters. The first-order valence-electron chi connectivity index (χ1n) is 8.07. The van der Waals surface area contributed by atoms with Crippen LogP contribution >= 0.6 is 0 Å². The number of rotatable bonds is 4. The van der Waals surface area contributed by atoms with Gasteiger partial charge in [0.05, 0.1) is 5.52 Å². The number of aromatic nitrogens is 1. The van der Waals surface area contributed by atoms with Gasteiger partial charge in [-0.05, 0) is 63.9 Å². The van der Waals surface area contributed by atoms with Crippen molar-refractivity contribution in [2.45, 2.75) is 32.7 Å². The van der Waals surface area contributed by atoms with E-state index in [4.69, 9.17) is 4.98 Å². The molecule has 3 rings (SSSR count). The van der Waals surface area contributed by atoms with Gasteiger partial charge < -0.3 is 10.2 Å². The molecule has 0 saturated carbocycles. The fourth-order valence-electron chi connectivity index (χ4n) is 3.14. The molecule has 0 amide bonds. The van der Waals surface area contributed by atoms with Crippen LogP contribution in [0.1, 0.15) is 26.7 Å². The summed E-state index contributed by atoms with van der Waals surface area (Å²) in [7, 11) is 0. The molecule has 1 aromatic carbocycles. The molecular formula is C18H25N3. The Morgan fingerprint density at radius 2 is 2.10 bits per heavy atom. The number of pyridine rings is 1. The van der Waals surface area contributed by atoms with Crippen molar-refractivity contribution in [1.29, 1.82) is 0 Å². The number of benzene rings is 1. The lowest BCUT2D eigenvalue weighted by molar-refractivity contribution is 0.370. The molecule has 0 aliphatic carbocycles. The van der Waals surface area contributed by atoms with Crippen LogP contribution in [0.2, 0.25) is 0 Å². The van der Waals surface area contributed by atoms with Crippen LogP contribution in [0.4, 0.5) is 5.82 Å². The first-order chi connectivity index (χ1) is 10.2. The number of nitrogens with zero attached hydrogens (tertiary/aromatic N) is 2. The second kappa shape index (κ2) is 6.44. The van der Waals surface area contributed by atoms with Gasteiger partial charge in [0, 0.05) is 18.0 Å². The fourth-order valence-corrected chi connectivity index (χ4v) is 3.14. The minimum Gasteiger partial charge on any atom is -0.354 e. The number of para-hydroxylation sites is 1. The smallest absolute Gasteiger partial charge is 0.129 e. The van der Waals surface area contributed by atoms with Gasteiger partial charge in [0.1, 0.15) is 5.82 Å². The first kappa shape index (κ1) is 14.3. The van der Waals surface area contributed by atoms with Gasteiger partial charge in [-0.25, -0.2) is 4.98 Å². The Morgan fingerprint density at radius 1 is 1.24 bits per heavy atom. The summed E-state index contributed by atoms with van der Waals surface area (Å²) in [5, 5.41) is 4.73. The zero-order chi connectivity index (χ0) is 14.7. The van der Waals surface area contributed by atoms with Gasteiger partial charge in [-0.1, -0.05) is 18.2 Å². The van der Waals surface area contributed by atoms with Gasteiger partial charge in [-0.15, -0.1) is 0 Å². The maximum atomic E-state index is 4.87. The third kappa shape index (κ3) is 3.35. The number of fused-ring (bicyclic) bond motifs is 1. The highest BCUT2D eigenvalue weighted by Crippen LogP contribution is 2.22. The SMILES string of the molecule is CC(C)N(CC1CCCNC1)c1ccc2ccccc2n1. The number of hydrogen-bond acceptors (Lipinski definition) is 3. The van der Waals surface area contributed by atoms with Crippen LogP contribution in [0.3, 0.4) is 0 Å². The molecule has 1 aliphatic heterocycles. The largest absolute Gasteiger partial charge is 0.354 e. The molecule has 1 aromatic heterocycles. The lowest BCUT2D eigenvalue weighted by Gasteiger charge is -2.33. The molecule has 2 heterocycles. The summed E-state index contributed by atoms with van der Waals surface area (Å²) in [6.45, 7) is 7.92. The van der Waals surface area contributed by atoms with Crippen molar-refractivity contribution >= 4 is 16.7 Å². The molecule has 0 radical (unpaired) electrons. The van der Waals surface area contributed by atoms with E-state index in [-0.39, 0.29) is 0 Å². The predicted octanol–water partition coefficient (Wildman–Crippen LogP) is 3.45. The second-order valence-electron chi connectivity index (χ2n) is 6.32. The quantitative estimate of drug-likeness (QED) is 0.931. The molecule has 1 fully saturated rings. The van der Waals surface area contributed by atoms with Gasteiger partial charge in [-0.2, -0.15) is 0 Å². The molecule has 0 spiro atoms. The number of nitrogens with one attached hydrogen (secondary N) is 1. The summed E-state index contributed by atoms with van der Waals surface area (Å²) in [6.07, 6.45) is 2.62. The van der Waals surface area contributed by atoms with E-state index in [9.17, 15) is 0 Å². The fraction of sp³-hybridized carbons (Fsp3) is 0.500. The Balaban J connectivity index is 1.84. The molecule has 21 heavy (non-hydrogen) atoms. The van der Waals surface area contributed by atoms with E-state index in [1.54, 1.807) is 0 Å². The number of piperidine rings is 1. The van der Waals surface area contributed by atoms with Crippen LogP contribution in [-0.2, 0) is 0 Å². The summed E-state index contributed by atoms with van der Waals surface area (Å²) in [5.74, 6) is 1.84. The van der Waals surface area contributed by atoms with E-state index >= 15 is 0 Å². The summed E-state index contributed by atoms with van der Waals surface area (Å²) < 4.78 is 0. The molecule has 0 bridgehead atoms. The first-order valence-corrected chi connectivity index (χ1v) is 8.07. The van der Waals surface area contributed by atoms with E-state index in [2.05, 4.69) is 60.5 Å². The summed E-state index contributed by atoms with van der Waals surface area (Å²) >= 11 is 0. The van der Waals surface area contributed by atoms with E-state index in [0.717, 1.165) is 30.3 Å². The van der Waals surface area contributed by atoms with Crippen LogP contribution < -0.4 is 10.2 Å². The molecule has 1 aliphatic rings. The Kier molecular flexibility index (Phi) is 4.39. The molecule has 112 valence electrons. The van der Waals surface area contributed by atoms with Gasteiger partial charge in [0.25, 0.3) is 0 Å². The van der Waals surface area contributed by atoms with Gasteiger partial charge in [0.2, 0.25) is 0 Å². The third-order valence-corrected chi connectivity index (χ3v) is 4.36. The standard InChI is InChI=1S/C18H25N3/c1-14(2)21(13-15-6-5-11-19-12-15)18-10-9-16-7-3-4-8-17(16)20-18/h3-4,7-10,14-15,19H,5-6,11-13H2,1-2H3. The number of anilines is 1. The maximum Gasteiger partial charge on any atom is 0.129 e. The van der Waals surface area contributed by atoms with E-state index in [0.29, 0.717) is 6.04 Å². The minimum absolute atomic E-state index is 0.473. The lowest BCUT2D eigenvalue weighted by Crippen LogP contribution is -2.41. The molecule has 3 heteroatoms. The molecule has 2 aromatic rings. The average molecular weight is 283 g/mol. The van der Waals surface area contributed by atoms with Crippen molar-refractivity contribution in [2.24, 2.45) is 5.92 Å². The molecular weight excluding hydrogens is 258 g/mol. The second-order valence-corrected chi connectivity index (χ2v) is 6.32. The van der Waals surface area contributed by atoms with E-state index < -0.39 is 0 Å². The van der Waals surface area contributed by atoms with Crippen LogP contribution in [0.5, 0.6) is 0 Å². The van der Waals surface area contributed by atoms with Crippen LogP contribution in [0.15, 0.2) is 36.4 Å². The average Bonchev–Trinajstić information content (AvgIpc) is 2.53. The molecule has 1 N–H and O–H groups in total. The number of hydrogen-bond donors (Lipinski definition) is 1. The highest BCUT2D eigenvalue weighted by molar-refractivity contribution is 5.80. The van der Waals surface area contributed by atoms with E-state index in [1.807, 2.05) is 0 Å². The van der Waals surface area contributed by atoms with Crippen molar-refractivity contribution in [3.63, 3.8) is 0 Å². The highest BCUT2D eigenvalue weighted by atomic mass is 15.2. The Labute approximate surface area is 127 Å². The lowest BCUT2D eigenvalue weighted by atomic mass is 9.98. The topological polar surface area (TPSA) is 28.2 Å². The maximum absolute atomic E-state index is 4.87.